The van der Waals surface area contributed by atoms with Crippen LogP contribution >= 0.6 is 12.4 Å². The second-order valence-electron chi connectivity index (χ2n) is 4.78. The standard InChI is InChI=1S/C10H13N3O.ClH/c1-2-5(1)10-12-9(13-14-10)8-6-3-11-4-7(6)8;/h5-8,11H,1-4H2;1H/t6-,7+,8-;. The van der Waals surface area contributed by atoms with E-state index in [0.717, 1.165) is 36.6 Å². The van der Waals surface area contributed by atoms with Crippen LogP contribution in [0.1, 0.15) is 36.4 Å². The number of piperidine rings is 1. The summed E-state index contributed by atoms with van der Waals surface area (Å²) in [4.78, 5) is 4.51. The zero-order valence-electron chi connectivity index (χ0n) is 8.35. The third kappa shape index (κ3) is 1.39. The third-order valence-electron chi connectivity index (χ3n) is 3.77. The molecule has 3 aliphatic rings. The van der Waals surface area contributed by atoms with Crippen LogP contribution in [0.3, 0.4) is 0 Å². The lowest BCUT2D eigenvalue weighted by molar-refractivity contribution is 0.372. The summed E-state index contributed by atoms with van der Waals surface area (Å²) in [6.45, 7) is 2.28. The van der Waals surface area contributed by atoms with Crippen molar-refractivity contribution in [1.82, 2.24) is 15.5 Å². The third-order valence-corrected chi connectivity index (χ3v) is 3.77. The number of nitrogens with one attached hydrogen (secondary N) is 1. The van der Waals surface area contributed by atoms with Crippen molar-refractivity contribution in [1.29, 1.82) is 0 Å². The normalized spacial score (nSPS) is 37.2. The second kappa shape index (κ2) is 3.19. The van der Waals surface area contributed by atoms with E-state index in [2.05, 4.69) is 15.5 Å². The van der Waals surface area contributed by atoms with Gasteiger partial charge >= 0.3 is 0 Å². The minimum absolute atomic E-state index is 0. The molecule has 4 nitrogen and oxygen atoms in total. The van der Waals surface area contributed by atoms with Crippen LogP contribution in [0.4, 0.5) is 0 Å². The van der Waals surface area contributed by atoms with Crippen molar-refractivity contribution in [2.45, 2.75) is 24.7 Å². The van der Waals surface area contributed by atoms with Gasteiger partial charge in [0.2, 0.25) is 5.89 Å². The maximum absolute atomic E-state index is 5.27. The van der Waals surface area contributed by atoms with Crippen molar-refractivity contribution in [2.75, 3.05) is 13.1 Å². The summed E-state index contributed by atoms with van der Waals surface area (Å²) in [5, 5.41) is 7.49. The Morgan fingerprint density at radius 3 is 2.60 bits per heavy atom. The summed E-state index contributed by atoms with van der Waals surface area (Å²) >= 11 is 0. The van der Waals surface area contributed by atoms with Crippen LogP contribution in [-0.4, -0.2) is 23.2 Å². The molecule has 1 aromatic heterocycles. The minimum atomic E-state index is 0. The molecule has 0 spiro atoms. The average Bonchev–Trinajstić information content (AvgIpc) is 3.07. The van der Waals surface area contributed by atoms with Crippen molar-refractivity contribution in [3.05, 3.63) is 11.7 Å². The lowest BCUT2D eigenvalue weighted by Gasteiger charge is -1.97. The summed E-state index contributed by atoms with van der Waals surface area (Å²) in [5.74, 6) is 4.64. The quantitative estimate of drug-likeness (QED) is 0.828. The Bertz CT molecular complexity index is 366. The van der Waals surface area contributed by atoms with Gasteiger partial charge in [-0.1, -0.05) is 5.16 Å². The maximum atomic E-state index is 5.27. The number of hydrogen-bond donors (Lipinski definition) is 1. The molecule has 0 amide bonds. The van der Waals surface area contributed by atoms with Crippen molar-refractivity contribution < 1.29 is 4.52 Å². The Labute approximate surface area is 94.2 Å². The fraction of sp³-hybridized carbons (Fsp3) is 0.800. The number of nitrogens with zero attached hydrogens (tertiary/aromatic N) is 2. The Hall–Kier alpha value is -0.610. The van der Waals surface area contributed by atoms with Crippen LogP contribution in [0.5, 0.6) is 0 Å². The summed E-state index contributed by atoms with van der Waals surface area (Å²) in [6.07, 6.45) is 2.47. The van der Waals surface area contributed by atoms with E-state index < -0.39 is 0 Å². The molecule has 5 heteroatoms. The van der Waals surface area contributed by atoms with Crippen LogP contribution in [0.2, 0.25) is 0 Å². The van der Waals surface area contributed by atoms with Crippen molar-refractivity contribution >= 4 is 12.4 Å². The lowest BCUT2D eigenvalue weighted by atomic mass is 10.2. The molecule has 82 valence electrons. The topological polar surface area (TPSA) is 51.0 Å². The van der Waals surface area contributed by atoms with Gasteiger partial charge in [-0.05, 0) is 37.8 Å². The highest BCUT2D eigenvalue weighted by Crippen LogP contribution is 2.55. The van der Waals surface area contributed by atoms with E-state index in [-0.39, 0.29) is 12.4 Å². The fourth-order valence-electron chi connectivity index (χ4n) is 2.68. The van der Waals surface area contributed by atoms with E-state index in [1.54, 1.807) is 0 Å². The Kier molecular flexibility index (Phi) is 2.04. The van der Waals surface area contributed by atoms with E-state index in [1.807, 2.05) is 0 Å². The molecule has 2 aliphatic carbocycles. The van der Waals surface area contributed by atoms with Gasteiger partial charge in [0.05, 0.1) is 0 Å². The predicted octanol–water partition coefficient (Wildman–Crippen LogP) is 1.30. The van der Waals surface area contributed by atoms with Crippen molar-refractivity contribution in [2.24, 2.45) is 11.8 Å². The molecule has 1 saturated heterocycles. The smallest absolute Gasteiger partial charge is 0.229 e. The van der Waals surface area contributed by atoms with Gasteiger partial charge in [-0.2, -0.15) is 4.98 Å². The van der Waals surface area contributed by atoms with E-state index in [1.165, 1.54) is 12.8 Å². The molecule has 0 unspecified atom stereocenters. The van der Waals surface area contributed by atoms with Crippen molar-refractivity contribution in [3.63, 3.8) is 0 Å². The van der Waals surface area contributed by atoms with Crippen LogP contribution < -0.4 is 5.32 Å². The molecular weight excluding hydrogens is 214 g/mol. The van der Waals surface area contributed by atoms with E-state index in [9.17, 15) is 0 Å². The number of hydrogen-bond acceptors (Lipinski definition) is 4. The van der Waals surface area contributed by atoms with Gasteiger partial charge in [-0.15, -0.1) is 12.4 Å². The summed E-state index contributed by atoms with van der Waals surface area (Å²) in [7, 11) is 0. The fourth-order valence-corrected chi connectivity index (χ4v) is 2.68. The number of halogens is 1. The zero-order chi connectivity index (χ0) is 9.12. The molecule has 2 heterocycles. The first-order valence-corrected chi connectivity index (χ1v) is 5.47. The zero-order valence-corrected chi connectivity index (χ0v) is 9.17. The summed E-state index contributed by atoms with van der Waals surface area (Å²) in [5.41, 5.74) is 0. The van der Waals surface area contributed by atoms with E-state index in [0.29, 0.717) is 11.8 Å². The molecular formula is C10H14ClN3O. The molecule has 4 rings (SSSR count). The Balaban J connectivity index is 0.000000722. The van der Waals surface area contributed by atoms with Gasteiger partial charge in [-0.25, -0.2) is 0 Å². The van der Waals surface area contributed by atoms with Crippen LogP contribution in [-0.2, 0) is 0 Å². The molecule has 3 fully saturated rings. The summed E-state index contributed by atoms with van der Waals surface area (Å²) in [6, 6.07) is 0. The first kappa shape index (κ1) is 9.60. The molecule has 1 aliphatic heterocycles. The van der Waals surface area contributed by atoms with Gasteiger partial charge in [0.1, 0.15) is 0 Å². The molecule has 0 radical (unpaired) electrons. The maximum Gasteiger partial charge on any atom is 0.229 e. The van der Waals surface area contributed by atoms with Crippen LogP contribution in [0, 0.1) is 11.8 Å². The van der Waals surface area contributed by atoms with Crippen LogP contribution in [0.15, 0.2) is 4.52 Å². The van der Waals surface area contributed by atoms with Gasteiger partial charge in [0, 0.05) is 11.8 Å². The lowest BCUT2D eigenvalue weighted by Crippen LogP contribution is -2.14. The predicted molar refractivity (Wildman–Crippen MR) is 56.1 cm³/mol. The van der Waals surface area contributed by atoms with E-state index >= 15 is 0 Å². The van der Waals surface area contributed by atoms with Crippen LogP contribution in [0.25, 0.3) is 0 Å². The molecule has 2 saturated carbocycles. The highest BCUT2D eigenvalue weighted by Gasteiger charge is 2.56. The Morgan fingerprint density at radius 2 is 1.93 bits per heavy atom. The van der Waals surface area contributed by atoms with Crippen molar-refractivity contribution in [3.8, 4) is 0 Å². The molecule has 15 heavy (non-hydrogen) atoms. The first-order valence-electron chi connectivity index (χ1n) is 5.47. The van der Waals surface area contributed by atoms with Gasteiger partial charge < -0.3 is 9.84 Å². The number of rotatable bonds is 2. The summed E-state index contributed by atoms with van der Waals surface area (Å²) < 4.78 is 5.27. The minimum Gasteiger partial charge on any atom is -0.339 e. The number of aromatic nitrogens is 2. The molecule has 1 N–H and O–H groups in total. The van der Waals surface area contributed by atoms with Gasteiger partial charge in [0.15, 0.2) is 5.82 Å². The first-order chi connectivity index (χ1) is 6.93. The van der Waals surface area contributed by atoms with Gasteiger partial charge in [-0.3, -0.25) is 0 Å². The largest absolute Gasteiger partial charge is 0.339 e. The molecule has 3 atom stereocenters. The molecule has 1 aromatic rings. The highest BCUT2D eigenvalue weighted by molar-refractivity contribution is 5.85. The SMILES string of the molecule is C1CC1c1nc([C@@H]2[C@@H]3CNC[C@@H]32)no1.Cl. The monoisotopic (exact) mass is 227 g/mol. The average molecular weight is 228 g/mol. The highest BCUT2D eigenvalue weighted by atomic mass is 35.5. The Morgan fingerprint density at radius 1 is 1.20 bits per heavy atom. The molecule has 0 bridgehead atoms. The molecule has 0 aromatic carbocycles. The van der Waals surface area contributed by atoms with Gasteiger partial charge in [0.25, 0.3) is 0 Å². The van der Waals surface area contributed by atoms with E-state index in [4.69, 9.17) is 4.52 Å². The second-order valence-corrected chi connectivity index (χ2v) is 4.78. The number of fused-ring (bicyclic) bond motifs is 1.